The molecule has 0 radical (unpaired) electrons. The molecule has 0 atom stereocenters. The predicted octanol–water partition coefficient (Wildman–Crippen LogP) is -3.89. The van der Waals surface area contributed by atoms with E-state index >= 15 is 0 Å². The van der Waals surface area contributed by atoms with Crippen LogP contribution in [0.3, 0.4) is 0 Å². The Kier molecular flexibility index (Phi) is 12.9. The van der Waals surface area contributed by atoms with E-state index in [9.17, 15) is 13.0 Å². The molecule has 0 heterocycles. The van der Waals surface area contributed by atoms with Crippen LogP contribution in [-0.4, -0.2) is 42.6 Å². The van der Waals surface area contributed by atoms with E-state index in [4.69, 9.17) is 0 Å². The van der Waals surface area contributed by atoms with Crippen molar-refractivity contribution in [3.63, 3.8) is 0 Å². The van der Waals surface area contributed by atoms with Crippen molar-refractivity contribution in [1.29, 1.82) is 0 Å². The zero-order valence-corrected chi connectivity index (χ0v) is 7.82. The van der Waals surface area contributed by atoms with E-state index in [2.05, 4.69) is 4.18 Å². The molecule has 0 N–H and O–H groups in total. The van der Waals surface area contributed by atoms with Gasteiger partial charge in [0, 0.05) is 0 Å². The average molecular weight is 185 g/mol. The van der Waals surface area contributed by atoms with E-state index in [1.54, 1.807) is 0 Å². The Morgan fingerprint density at radius 3 is 1.89 bits per heavy atom. The Balaban J connectivity index is -0.000000180. The molecule has 0 aliphatic carbocycles. The fraction of sp³-hybridized carbons (Fsp3) is 1.00. The van der Waals surface area contributed by atoms with Crippen molar-refractivity contribution in [1.82, 2.24) is 0 Å². The Morgan fingerprint density at radius 2 is 1.89 bits per heavy atom. The molecule has 0 saturated carbocycles. The zero-order valence-electron chi connectivity index (χ0n) is 4.83. The van der Waals surface area contributed by atoms with Gasteiger partial charge in [0.15, 0.2) is 0 Å². The fourth-order valence-electron chi connectivity index (χ4n) is 0.144. The second kappa shape index (κ2) is 7.04. The number of hydrogen-bond acceptors (Lipinski definition) is 4. The average Bonchev–Trinajstić information content (AvgIpc) is 1.30. The molecule has 52 valence electrons. The summed E-state index contributed by atoms with van der Waals surface area (Å²) in [4.78, 5) is 0. The van der Waals surface area contributed by atoms with Crippen LogP contribution >= 0.6 is 0 Å². The van der Waals surface area contributed by atoms with Crippen molar-refractivity contribution in [3.8, 4) is 0 Å². The third kappa shape index (κ3) is 17.6. The van der Waals surface area contributed by atoms with Gasteiger partial charge in [0.1, 0.15) is 0 Å². The normalized spacial score (nSPS) is 9.11. The van der Waals surface area contributed by atoms with Gasteiger partial charge in [0.25, 0.3) is 0 Å². The van der Waals surface area contributed by atoms with Crippen LogP contribution in [-0.2, 0) is 14.6 Å². The van der Waals surface area contributed by atoms with E-state index in [1.807, 2.05) is 0 Å². The van der Waals surface area contributed by atoms with Crippen molar-refractivity contribution in [3.05, 3.63) is 0 Å². The molecular formula is C2H5ClMgO4S. The molecule has 9 heavy (non-hydrogen) atoms. The largest absolute Gasteiger partial charge is 2.00 e. The minimum absolute atomic E-state index is 0. The second-order valence-corrected chi connectivity index (χ2v) is 1.87. The van der Waals surface area contributed by atoms with Crippen LogP contribution in [0.25, 0.3) is 0 Å². The van der Waals surface area contributed by atoms with Gasteiger partial charge >= 0.3 is 23.1 Å². The van der Waals surface area contributed by atoms with Crippen LogP contribution in [0.15, 0.2) is 0 Å². The summed E-state index contributed by atoms with van der Waals surface area (Å²) in [6.07, 6.45) is 0. The first-order valence-corrected chi connectivity index (χ1v) is 3.00. The topological polar surface area (TPSA) is 66.4 Å². The van der Waals surface area contributed by atoms with E-state index in [1.165, 1.54) is 6.92 Å². The molecule has 0 amide bonds. The van der Waals surface area contributed by atoms with Crippen LogP contribution in [0, 0.1) is 0 Å². The maximum absolute atomic E-state index is 9.45. The van der Waals surface area contributed by atoms with Crippen LogP contribution < -0.4 is 12.4 Å². The van der Waals surface area contributed by atoms with Crippen LogP contribution in [0.4, 0.5) is 0 Å². The third-order valence-corrected chi connectivity index (χ3v) is 0.787. The number of rotatable bonds is 2. The summed E-state index contributed by atoms with van der Waals surface area (Å²) in [7, 11) is -4.42. The van der Waals surface area contributed by atoms with Gasteiger partial charge in [-0.15, -0.1) is 0 Å². The third-order valence-electron chi connectivity index (χ3n) is 0.262. The Hall–Kier alpha value is 0.926. The maximum Gasteiger partial charge on any atom is 2.00 e. The van der Waals surface area contributed by atoms with E-state index in [-0.39, 0.29) is 42.1 Å². The van der Waals surface area contributed by atoms with Crippen LogP contribution in [0.2, 0.25) is 0 Å². The van der Waals surface area contributed by atoms with E-state index < -0.39 is 10.4 Å². The van der Waals surface area contributed by atoms with Crippen molar-refractivity contribution in [2.24, 2.45) is 0 Å². The van der Waals surface area contributed by atoms with Gasteiger partial charge in [-0.1, -0.05) is 0 Å². The molecule has 0 aromatic carbocycles. The first-order valence-electron chi connectivity index (χ1n) is 1.66. The first kappa shape index (κ1) is 16.5. The summed E-state index contributed by atoms with van der Waals surface area (Å²) >= 11 is 0. The van der Waals surface area contributed by atoms with Gasteiger partial charge in [-0.25, -0.2) is 8.42 Å². The molecule has 0 aliphatic rings. The molecule has 4 nitrogen and oxygen atoms in total. The molecular weight excluding hydrogens is 180 g/mol. The van der Waals surface area contributed by atoms with Crippen molar-refractivity contribution in [2.45, 2.75) is 6.92 Å². The minimum Gasteiger partial charge on any atom is -1.00 e. The molecule has 0 saturated heterocycles. The van der Waals surface area contributed by atoms with Gasteiger partial charge in [-0.05, 0) is 6.92 Å². The summed E-state index contributed by atoms with van der Waals surface area (Å²) in [5, 5.41) is 0. The number of hydrogen-bond donors (Lipinski definition) is 0. The summed E-state index contributed by atoms with van der Waals surface area (Å²) in [5.41, 5.74) is 0. The van der Waals surface area contributed by atoms with Gasteiger partial charge in [-0.2, -0.15) is 0 Å². The van der Waals surface area contributed by atoms with Crippen molar-refractivity contribution < 1.29 is 29.6 Å². The minimum atomic E-state index is -4.42. The molecule has 0 aromatic heterocycles. The Labute approximate surface area is 76.5 Å². The molecule has 0 fully saturated rings. The Morgan fingerprint density at radius 1 is 1.56 bits per heavy atom. The molecule has 0 aliphatic heterocycles. The molecule has 0 rings (SSSR count). The first-order chi connectivity index (χ1) is 3.06. The maximum atomic E-state index is 9.45. The standard InChI is InChI=1S/C2H6O4S.ClH.Mg/c1-2-6-7(3,4)5;;/h2H2,1H3,(H,3,4,5);1H;/q;;+2/p-2. The predicted molar refractivity (Wildman–Crippen MR) is 27.1 cm³/mol. The summed E-state index contributed by atoms with van der Waals surface area (Å²) in [6.45, 7) is 1.33. The molecule has 7 heteroatoms. The fourth-order valence-corrected chi connectivity index (χ4v) is 0.433. The summed E-state index contributed by atoms with van der Waals surface area (Å²) in [5.74, 6) is 0. The van der Waals surface area contributed by atoms with Gasteiger partial charge in [0.2, 0.25) is 10.4 Å². The van der Waals surface area contributed by atoms with E-state index in [0.717, 1.165) is 0 Å². The van der Waals surface area contributed by atoms with Gasteiger partial charge in [0.05, 0.1) is 6.61 Å². The van der Waals surface area contributed by atoms with Crippen LogP contribution in [0.5, 0.6) is 0 Å². The van der Waals surface area contributed by atoms with Crippen molar-refractivity contribution >= 4 is 33.5 Å². The molecule has 0 bridgehead atoms. The number of halogens is 1. The Bertz CT molecular complexity index is 132. The van der Waals surface area contributed by atoms with Gasteiger partial charge in [-0.3, -0.25) is 4.18 Å². The van der Waals surface area contributed by atoms with Crippen LogP contribution in [0.1, 0.15) is 6.92 Å². The zero-order chi connectivity index (χ0) is 5.91. The molecule has 0 aromatic rings. The molecule has 0 unspecified atom stereocenters. The SMILES string of the molecule is CCOS(=O)(=O)[O-].[Cl-].[Mg+2]. The molecule has 0 spiro atoms. The van der Waals surface area contributed by atoms with Crippen molar-refractivity contribution in [2.75, 3.05) is 6.61 Å². The quantitative estimate of drug-likeness (QED) is 0.250. The smallest absolute Gasteiger partial charge is 1.00 e. The summed E-state index contributed by atoms with van der Waals surface area (Å²) < 4.78 is 32.0. The van der Waals surface area contributed by atoms with Gasteiger partial charge < -0.3 is 17.0 Å². The second-order valence-electron chi connectivity index (χ2n) is 0.815. The monoisotopic (exact) mass is 184 g/mol. The van der Waals surface area contributed by atoms with E-state index in [0.29, 0.717) is 0 Å². The summed E-state index contributed by atoms with van der Waals surface area (Å²) in [6, 6.07) is 0.